The molecule has 3 rings (SSSR count). The summed E-state index contributed by atoms with van der Waals surface area (Å²) in [6.45, 7) is 5.94. The summed E-state index contributed by atoms with van der Waals surface area (Å²) in [5.74, 6) is -0.557. The van der Waals surface area contributed by atoms with Crippen LogP contribution in [0.1, 0.15) is 61.4 Å². The van der Waals surface area contributed by atoms with Crippen LogP contribution in [-0.2, 0) is 19.6 Å². The van der Waals surface area contributed by atoms with Gasteiger partial charge in [-0.25, -0.2) is 8.42 Å². The number of esters is 1. The molecular weight excluding hydrogens is 404 g/mol. The molecule has 1 aromatic carbocycles. The van der Waals surface area contributed by atoms with Crippen molar-refractivity contribution in [2.24, 2.45) is 5.92 Å². The number of carbonyl (C=O) groups is 2. The van der Waals surface area contributed by atoms with Gasteiger partial charge in [-0.15, -0.1) is 0 Å². The van der Waals surface area contributed by atoms with Crippen LogP contribution >= 0.6 is 0 Å². The molecule has 0 unspecified atom stereocenters. The molecule has 0 aromatic heterocycles. The number of hydrogen-bond acceptors (Lipinski definition) is 5. The molecule has 1 aromatic rings. The highest BCUT2D eigenvalue weighted by Gasteiger charge is 2.31. The number of ether oxygens (including phenoxy) is 1. The predicted octanol–water partition coefficient (Wildman–Crippen LogP) is 2.98. The van der Waals surface area contributed by atoms with Crippen molar-refractivity contribution in [2.45, 2.75) is 57.3 Å². The first-order valence-corrected chi connectivity index (χ1v) is 12.3. The van der Waals surface area contributed by atoms with E-state index in [1.165, 1.54) is 6.07 Å². The molecule has 2 heterocycles. The zero-order valence-electron chi connectivity index (χ0n) is 17.9. The molecule has 2 fully saturated rings. The summed E-state index contributed by atoms with van der Waals surface area (Å²) in [4.78, 5) is 27.0. The third-order valence-corrected chi connectivity index (χ3v) is 7.94. The average Bonchev–Trinajstić information content (AvgIpc) is 3.04. The van der Waals surface area contributed by atoms with E-state index in [1.807, 2.05) is 6.92 Å². The van der Waals surface area contributed by atoms with Gasteiger partial charge >= 0.3 is 5.97 Å². The Hall–Kier alpha value is -1.93. The van der Waals surface area contributed by atoms with Crippen LogP contribution in [0.25, 0.3) is 0 Å². The fourth-order valence-corrected chi connectivity index (χ4v) is 5.72. The Morgan fingerprint density at radius 3 is 2.27 bits per heavy atom. The summed E-state index contributed by atoms with van der Waals surface area (Å²) in [5.41, 5.74) is 1.17. The molecule has 0 saturated carbocycles. The Bertz CT molecular complexity index is 868. The molecule has 0 bridgehead atoms. The summed E-state index contributed by atoms with van der Waals surface area (Å²) in [6, 6.07) is 4.83. The third-order valence-electron chi connectivity index (χ3n) is 6.04. The van der Waals surface area contributed by atoms with Crippen molar-refractivity contribution in [1.82, 2.24) is 9.21 Å². The summed E-state index contributed by atoms with van der Waals surface area (Å²) in [6.07, 6.45) is 4.96. The molecule has 166 valence electrons. The number of likely N-dealkylation sites (tertiary alicyclic amines) is 1. The number of rotatable bonds is 5. The minimum Gasteiger partial charge on any atom is -0.466 e. The molecule has 0 N–H and O–H groups in total. The highest BCUT2D eigenvalue weighted by Crippen LogP contribution is 2.25. The minimum atomic E-state index is -3.61. The quantitative estimate of drug-likeness (QED) is 0.663. The summed E-state index contributed by atoms with van der Waals surface area (Å²) < 4.78 is 32.9. The maximum atomic E-state index is 13.1. The lowest BCUT2D eigenvalue weighted by molar-refractivity contribution is -0.149. The van der Waals surface area contributed by atoms with Gasteiger partial charge in [0.05, 0.1) is 17.4 Å². The summed E-state index contributed by atoms with van der Waals surface area (Å²) >= 11 is 0. The van der Waals surface area contributed by atoms with Crippen molar-refractivity contribution >= 4 is 21.9 Å². The summed E-state index contributed by atoms with van der Waals surface area (Å²) in [5, 5.41) is 0. The summed E-state index contributed by atoms with van der Waals surface area (Å²) in [7, 11) is -3.61. The third kappa shape index (κ3) is 5.03. The molecule has 8 heteroatoms. The van der Waals surface area contributed by atoms with Gasteiger partial charge in [-0.2, -0.15) is 4.31 Å². The van der Waals surface area contributed by atoms with Crippen molar-refractivity contribution < 1.29 is 22.7 Å². The van der Waals surface area contributed by atoms with E-state index in [-0.39, 0.29) is 22.7 Å². The molecule has 2 aliphatic rings. The van der Waals surface area contributed by atoms with E-state index in [9.17, 15) is 18.0 Å². The minimum absolute atomic E-state index is 0.176. The molecular formula is C22H32N2O5S. The number of piperidine rings is 1. The van der Waals surface area contributed by atoms with Gasteiger partial charge in [-0.1, -0.05) is 18.9 Å². The van der Waals surface area contributed by atoms with Crippen molar-refractivity contribution in [3.8, 4) is 0 Å². The van der Waals surface area contributed by atoms with Gasteiger partial charge in [-0.05, 0) is 57.2 Å². The second-order valence-electron chi connectivity index (χ2n) is 8.11. The first kappa shape index (κ1) is 22.7. The van der Waals surface area contributed by atoms with E-state index >= 15 is 0 Å². The monoisotopic (exact) mass is 436 g/mol. The molecule has 0 aliphatic carbocycles. The lowest BCUT2D eigenvalue weighted by Crippen LogP contribution is -2.41. The highest BCUT2D eigenvalue weighted by molar-refractivity contribution is 7.89. The number of nitrogens with zero attached hydrogens (tertiary/aromatic N) is 2. The van der Waals surface area contributed by atoms with E-state index in [0.29, 0.717) is 51.2 Å². The Morgan fingerprint density at radius 1 is 1.03 bits per heavy atom. The Labute approximate surface area is 179 Å². The fraction of sp³-hybridized carbons (Fsp3) is 0.636. The van der Waals surface area contributed by atoms with Gasteiger partial charge in [0.1, 0.15) is 0 Å². The fourth-order valence-electron chi connectivity index (χ4n) is 4.17. The van der Waals surface area contributed by atoms with Crippen LogP contribution < -0.4 is 0 Å². The lowest BCUT2D eigenvalue weighted by Gasteiger charge is -2.31. The first-order valence-electron chi connectivity index (χ1n) is 10.9. The van der Waals surface area contributed by atoms with Crippen molar-refractivity contribution in [3.63, 3.8) is 0 Å². The predicted molar refractivity (Wildman–Crippen MR) is 114 cm³/mol. The average molecular weight is 437 g/mol. The second-order valence-corrected chi connectivity index (χ2v) is 10.1. The van der Waals surface area contributed by atoms with Crippen LogP contribution in [0, 0.1) is 12.8 Å². The van der Waals surface area contributed by atoms with Crippen molar-refractivity contribution in [3.05, 3.63) is 29.3 Å². The number of hydrogen-bond donors (Lipinski definition) is 0. The Kier molecular flexibility index (Phi) is 7.52. The van der Waals surface area contributed by atoms with E-state index in [1.54, 1.807) is 28.3 Å². The van der Waals surface area contributed by atoms with Gasteiger partial charge in [0.25, 0.3) is 5.91 Å². The number of amides is 1. The van der Waals surface area contributed by atoms with E-state index in [2.05, 4.69) is 0 Å². The molecule has 0 atom stereocenters. The first-order chi connectivity index (χ1) is 14.3. The van der Waals surface area contributed by atoms with Gasteiger partial charge in [0, 0.05) is 31.7 Å². The van der Waals surface area contributed by atoms with Crippen LogP contribution in [0.3, 0.4) is 0 Å². The lowest BCUT2D eigenvalue weighted by atomic mass is 9.96. The van der Waals surface area contributed by atoms with E-state index in [4.69, 9.17) is 4.74 Å². The Balaban J connectivity index is 1.75. The maximum Gasteiger partial charge on any atom is 0.309 e. The second kappa shape index (κ2) is 9.92. The van der Waals surface area contributed by atoms with Crippen LogP contribution in [0.5, 0.6) is 0 Å². The number of sulfonamides is 1. The van der Waals surface area contributed by atoms with Gasteiger partial charge < -0.3 is 9.64 Å². The molecule has 30 heavy (non-hydrogen) atoms. The van der Waals surface area contributed by atoms with Gasteiger partial charge in [0.15, 0.2) is 0 Å². The highest BCUT2D eigenvalue weighted by atomic mass is 32.2. The Morgan fingerprint density at radius 2 is 1.67 bits per heavy atom. The SMILES string of the molecule is CCOC(=O)C1CCN(C(=O)c2cc(S(=O)(=O)N3CCCCCC3)ccc2C)CC1. The van der Waals surface area contributed by atoms with Crippen LogP contribution in [-0.4, -0.2) is 62.3 Å². The van der Waals surface area contributed by atoms with Crippen LogP contribution in [0.15, 0.2) is 23.1 Å². The zero-order chi connectivity index (χ0) is 21.7. The molecule has 0 radical (unpaired) electrons. The van der Waals surface area contributed by atoms with Crippen LogP contribution in [0.2, 0.25) is 0 Å². The van der Waals surface area contributed by atoms with E-state index < -0.39 is 10.0 Å². The molecule has 2 saturated heterocycles. The topological polar surface area (TPSA) is 84.0 Å². The normalized spacial score (nSPS) is 19.3. The molecule has 2 aliphatic heterocycles. The van der Waals surface area contributed by atoms with Gasteiger partial charge in [-0.3, -0.25) is 9.59 Å². The molecule has 0 spiro atoms. The maximum absolute atomic E-state index is 13.1. The van der Waals surface area contributed by atoms with Gasteiger partial charge in [0.2, 0.25) is 10.0 Å². The smallest absolute Gasteiger partial charge is 0.309 e. The van der Waals surface area contributed by atoms with E-state index in [0.717, 1.165) is 31.2 Å². The number of benzene rings is 1. The standard InChI is InChI=1S/C22H32N2O5S/c1-3-29-22(26)18-10-14-23(15-11-18)21(25)20-16-19(9-8-17(20)2)30(27,28)24-12-6-4-5-7-13-24/h8-9,16,18H,3-7,10-15H2,1-2H3. The number of aryl methyl sites for hydroxylation is 1. The molecule has 1 amide bonds. The van der Waals surface area contributed by atoms with Crippen molar-refractivity contribution in [1.29, 1.82) is 0 Å². The largest absolute Gasteiger partial charge is 0.466 e. The van der Waals surface area contributed by atoms with Crippen molar-refractivity contribution in [2.75, 3.05) is 32.8 Å². The molecule has 7 nitrogen and oxygen atoms in total. The zero-order valence-corrected chi connectivity index (χ0v) is 18.7. The number of carbonyl (C=O) groups excluding carboxylic acids is 2. The van der Waals surface area contributed by atoms with Crippen LogP contribution in [0.4, 0.5) is 0 Å².